The van der Waals surface area contributed by atoms with Gasteiger partial charge in [0.1, 0.15) is 11.9 Å². The molecule has 1 aliphatic rings. The van der Waals surface area contributed by atoms with Crippen molar-refractivity contribution in [2.75, 3.05) is 0 Å². The van der Waals surface area contributed by atoms with E-state index >= 15 is 0 Å². The fraction of sp³-hybridized carbons (Fsp3) is 0.364. The van der Waals surface area contributed by atoms with Gasteiger partial charge < -0.3 is 9.47 Å². The highest BCUT2D eigenvalue weighted by Gasteiger charge is 2.27. The molecule has 1 aromatic carbocycles. The van der Waals surface area contributed by atoms with Gasteiger partial charge in [0, 0.05) is 12.0 Å². The van der Waals surface area contributed by atoms with Crippen LogP contribution in [0.25, 0.3) is 0 Å². The smallest absolute Gasteiger partial charge is 0.387 e. The number of benzene rings is 1. The average molecular weight is 228 g/mol. The lowest BCUT2D eigenvalue weighted by Gasteiger charge is -2.14. The van der Waals surface area contributed by atoms with E-state index in [1.165, 1.54) is 6.07 Å². The summed E-state index contributed by atoms with van der Waals surface area (Å²) >= 11 is 0. The van der Waals surface area contributed by atoms with Crippen molar-refractivity contribution >= 4 is 5.97 Å². The zero-order valence-electron chi connectivity index (χ0n) is 8.36. The lowest BCUT2D eigenvalue weighted by Crippen LogP contribution is -2.07. The van der Waals surface area contributed by atoms with Gasteiger partial charge in [0.2, 0.25) is 0 Å². The summed E-state index contributed by atoms with van der Waals surface area (Å²) < 4.78 is 33.6. The molecule has 1 fully saturated rings. The summed E-state index contributed by atoms with van der Waals surface area (Å²) in [5, 5.41) is 0. The molecule has 1 heterocycles. The zero-order chi connectivity index (χ0) is 11.5. The third-order valence-corrected chi connectivity index (χ3v) is 2.37. The van der Waals surface area contributed by atoms with Crippen LogP contribution in [0.1, 0.15) is 24.5 Å². The van der Waals surface area contributed by atoms with Crippen LogP contribution in [-0.2, 0) is 9.53 Å². The number of carbonyl (C=O) groups is 1. The van der Waals surface area contributed by atoms with E-state index < -0.39 is 12.7 Å². The number of rotatable bonds is 3. The summed E-state index contributed by atoms with van der Waals surface area (Å²) in [6.07, 6.45) is 0.346. The molecular weight excluding hydrogens is 218 g/mol. The minimum Gasteiger partial charge on any atom is -0.457 e. The second-order valence-electron chi connectivity index (χ2n) is 3.43. The Hall–Kier alpha value is -1.65. The van der Waals surface area contributed by atoms with E-state index in [0.29, 0.717) is 18.4 Å². The Balaban J connectivity index is 2.22. The minimum absolute atomic E-state index is 0.0669. The van der Waals surface area contributed by atoms with Crippen LogP contribution in [0.2, 0.25) is 0 Å². The molecule has 0 aromatic heterocycles. The quantitative estimate of drug-likeness (QED) is 0.746. The number of hydrogen-bond acceptors (Lipinski definition) is 3. The maximum Gasteiger partial charge on any atom is 0.387 e. The first-order valence-corrected chi connectivity index (χ1v) is 4.90. The Morgan fingerprint density at radius 3 is 2.75 bits per heavy atom. The number of alkyl halides is 2. The summed E-state index contributed by atoms with van der Waals surface area (Å²) in [7, 11) is 0. The molecular formula is C11H10F2O3. The van der Waals surface area contributed by atoms with Gasteiger partial charge in [-0.3, -0.25) is 4.79 Å². The van der Waals surface area contributed by atoms with Gasteiger partial charge in [0.05, 0.1) is 0 Å². The molecule has 0 saturated carbocycles. The van der Waals surface area contributed by atoms with Gasteiger partial charge in [0.15, 0.2) is 0 Å². The highest BCUT2D eigenvalue weighted by molar-refractivity contribution is 5.72. The Morgan fingerprint density at radius 2 is 2.12 bits per heavy atom. The van der Waals surface area contributed by atoms with Crippen LogP contribution < -0.4 is 4.74 Å². The average Bonchev–Trinajstić information content (AvgIpc) is 2.65. The minimum atomic E-state index is -2.88. The molecule has 0 N–H and O–H groups in total. The fourth-order valence-corrected chi connectivity index (χ4v) is 1.69. The second-order valence-corrected chi connectivity index (χ2v) is 3.43. The molecule has 0 radical (unpaired) electrons. The number of cyclic esters (lactones) is 1. The lowest BCUT2D eigenvalue weighted by atomic mass is 10.1. The molecule has 1 aliphatic heterocycles. The van der Waals surface area contributed by atoms with Gasteiger partial charge >= 0.3 is 12.6 Å². The van der Waals surface area contributed by atoms with Crippen molar-refractivity contribution in [3.8, 4) is 5.75 Å². The van der Waals surface area contributed by atoms with Crippen LogP contribution in [-0.4, -0.2) is 12.6 Å². The van der Waals surface area contributed by atoms with Gasteiger partial charge in [0.25, 0.3) is 0 Å². The molecule has 0 amide bonds. The first-order chi connectivity index (χ1) is 7.66. The molecule has 16 heavy (non-hydrogen) atoms. The normalized spacial score (nSPS) is 19.9. The van der Waals surface area contributed by atoms with Crippen LogP contribution in [0.5, 0.6) is 5.75 Å². The molecule has 5 heteroatoms. The van der Waals surface area contributed by atoms with Crippen LogP contribution in [0.15, 0.2) is 24.3 Å². The molecule has 3 nitrogen and oxygen atoms in total. The molecule has 1 atom stereocenters. The van der Waals surface area contributed by atoms with Crippen LogP contribution in [0, 0.1) is 0 Å². The van der Waals surface area contributed by atoms with E-state index in [0.717, 1.165) is 0 Å². The van der Waals surface area contributed by atoms with Gasteiger partial charge in [-0.1, -0.05) is 18.2 Å². The fourth-order valence-electron chi connectivity index (χ4n) is 1.69. The molecule has 2 rings (SSSR count). The number of hydrogen-bond donors (Lipinski definition) is 0. The van der Waals surface area contributed by atoms with E-state index in [1.54, 1.807) is 18.2 Å². The highest BCUT2D eigenvalue weighted by atomic mass is 19.3. The summed E-state index contributed by atoms with van der Waals surface area (Å²) in [4.78, 5) is 10.9. The lowest BCUT2D eigenvalue weighted by molar-refractivity contribution is -0.141. The zero-order valence-corrected chi connectivity index (χ0v) is 8.36. The topological polar surface area (TPSA) is 35.5 Å². The van der Waals surface area contributed by atoms with Crippen LogP contribution in [0.4, 0.5) is 8.78 Å². The van der Waals surface area contributed by atoms with Crippen LogP contribution >= 0.6 is 0 Å². The van der Waals surface area contributed by atoms with Gasteiger partial charge in [-0.05, 0) is 12.5 Å². The van der Waals surface area contributed by atoms with Gasteiger partial charge in [-0.25, -0.2) is 0 Å². The van der Waals surface area contributed by atoms with Crippen molar-refractivity contribution in [3.63, 3.8) is 0 Å². The largest absolute Gasteiger partial charge is 0.457 e. The first-order valence-electron chi connectivity index (χ1n) is 4.90. The monoisotopic (exact) mass is 228 g/mol. The number of halogens is 2. The van der Waals surface area contributed by atoms with E-state index in [2.05, 4.69) is 4.74 Å². The maximum atomic E-state index is 12.1. The number of para-hydroxylation sites is 1. The Kier molecular flexibility index (Phi) is 3.03. The molecule has 0 bridgehead atoms. The molecule has 1 aromatic rings. The molecule has 86 valence electrons. The number of carbonyl (C=O) groups excluding carboxylic acids is 1. The van der Waals surface area contributed by atoms with E-state index in [-0.39, 0.29) is 11.7 Å². The summed E-state index contributed by atoms with van der Waals surface area (Å²) in [5.41, 5.74) is 0.494. The van der Waals surface area contributed by atoms with E-state index in [4.69, 9.17) is 4.74 Å². The molecule has 0 spiro atoms. The summed E-state index contributed by atoms with van der Waals surface area (Å²) in [6, 6.07) is 6.35. The maximum absolute atomic E-state index is 12.1. The van der Waals surface area contributed by atoms with Crippen molar-refractivity contribution in [2.24, 2.45) is 0 Å². The van der Waals surface area contributed by atoms with E-state index in [9.17, 15) is 13.6 Å². The first kappa shape index (κ1) is 10.9. The number of ether oxygens (including phenoxy) is 2. The van der Waals surface area contributed by atoms with Crippen LogP contribution in [0.3, 0.4) is 0 Å². The third kappa shape index (κ3) is 2.29. The van der Waals surface area contributed by atoms with Crippen molar-refractivity contribution in [2.45, 2.75) is 25.6 Å². The van der Waals surface area contributed by atoms with Crippen molar-refractivity contribution in [1.82, 2.24) is 0 Å². The molecule has 1 saturated heterocycles. The Labute approximate surface area is 91.0 Å². The SMILES string of the molecule is O=C1CCC(c2ccccc2OC(F)F)O1. The Bertz CT molecular complexity index is 393. The number of esters is 1. The summed E-state index contributed by atoms with van der Waals surface area (Å²) in [6.45, 7) is -2.88. The van der Waals surface area contributed by atoms with Crippen molar-refractivity contribution in [1.29, 1.82) is 0 Å². The molecule has 1 unspecified atom stereocenters. The summed E-state index contributed by atoms with van der Waals surface area (Å²) in [5.74, 6) is -0.242. The van der Waals surface area contributed by atoms with Gasteiger partial charge in [-0.2, -0.15) is 8.78 Å². The Morgan fingerprint density at radius 1 is 1.38 bits per heavy atom. The van der Waals surface area contributed by atoms with Crippen molar-refractivity contribution in [3.05, 3.63) is 29.8 Å². The highest BCUT2D eigenvalue weighted by Crippen LogP contribution is 2.35. The predicted molar refractivity (Wildman–Crippen MR) is 51.1 cm³/mol. The molecule has 0 aliphatic carbocycles. The predicted octanol–water partition coefficient (Wildman–Crippen LogP) is 2.67. The van der Waals surface area contributed by atoms with E-state index in [1.807, 2.05) is 0 Å². The second kappa shape index (κ2) is 4.47. The van der Waals surface area contributed by atoms with Gasteiger partial charge in [-0.15, -0.1) is 0 Å². The van der Waals surface area contributed by atoms with Crippen molar-refractivity contribution < 1.29 is 23.0 Å². The standard InChI is InChI=1S/C11H10F2O3/c12-11(13)16-8-4-2-1-3-7(8)9-5-6-10(14)15-9/h1-4,9,11H,5-6H2. The third-order valence-electron chi connectivity index (χ3n) is 2.37.